The summed E-state index contributed by atoms with van der Waals surface area (Å²) in [5.41, 5.74) is 6.24. The van der Waals surface area contributed by atoms with Crippen molar-refractivity contribution in [2.75, 3.05) is 5.73 Å². The lowest BCUT2D eigenvalue weighted by molar-refractivity contribution is 1.36. The Labute approximate surface area is 75.4 Å². The molecule has 3 heteroatoms. The first kappa shape index (κ1) is 7.56. The van der Waals surface area contributed by atoms with Gasteiger partial charge in [0, 0.05) is 11.6 Å². The molecular weight excluding hydrogens is 162 g/mol. The molecule has 2 rings (SSSR count). The number of nitrogens with zero attached hydrogens (tertiary/aromatic N) is 2. The third-order valence-electron chi connectivity index (χ3n) is 1.94. The monoisotopic (exact) mass is 169 g/mol. The van der Waals surface area contributed by atoms with Crippen molar-refractivity contribution in [3.8, 4) is 6.07 Å². The molecule has 0 aliphatic heterocycles. The number of pyridine rings is 1. The minimum absolute atomic E-state index is 0.412. The lowest BCUT2D eigenvalue weighted by atomic mass is 10.1. The minimum atomic E-state index is 0.412. The van der Waals surface area contributed by atoms with Crippen molar-refractivity contribution < 1.29 is 0 Å². The second kappa shape index (κ2) is 2.76. The highest BCUT2D eigenvalue weighted by Crippen LogP contribution is 2.21. The van der Waals surface area contributed by atoms with Gasteiger partial charge in [-0.3, -0.25) is 0 Å². The molecule has 1 heterocycles. The van der Waals surface area contributed by atoms with E-state index in [0.29, 0.717) is 11.4 Å². The van der Waals surface area contributed by atoms with Gasteiger partial charge in [0.05, 0.1) is 11.6 Å². The van der Waals surface area contributed by atoms with Crippen LogP contribution in [0.5, 0.6) is 0 Å². The van der Waals surface area contributed by atoms with Crippen LogP contribution in [-0.2, 0) is 0 Å². The van der Waals surface area contributed by atoms with Crippen molar-refractivity contribution in [1.29, 1.82) is 5.26 Å². The number of aromatic nitrogens is 1. The maximum atomic E-state index is 8.83. The van der Waals surface area contributed by atoms with Crippen LogP contribution in [0.15, 0.2) is 30.5 Å². The largest absolute Gasteiger partial charge is 0.383 e. The third kappa shape index (κ3) is 1.09. The normalized spacial score (nSPS) is 9.77. The second-order valence-corrected chi connectivity index (χ2v) is 2.71. The van der Waals surface area contributed by atoms with Crippen LogP contribution in [0, 0.1) is 11.3 Å². The molecule has 0 aliphatic rings. The molecule has 1 aromatic heterocycles. The summed E-state index contributed by atoms with van der Waals surface area (Å²) < 4.78 is 0. The molecule has 2 aromatic rings. The Bertz CT molecular complexity index is 492. The summed E-state index contributed by atoms with van der Waals surface area (Å²) in [4.78, 5) is 3.94. The van der Waals surface area contributed by atoms with Crippen molar-refractivity contribution in [2.45, 2.75) is 0 Å². The number of hydrogen-bond acceptors (Lipinski definition) is 3. The van der Waals surface area contributed by atoms with Gasteiger partial charge in [-0.2, -0.15) is 5.26 Å². The molecule has 62 valence electrons. The molecule has 0 atom stereocenters. The predicted molar refractivity (Wildman–Crippen MR) is 50.9 cm³/mol. The Morgan fingerprint density at radius 3 is 2.92 bits per heavy atom. The number of anilines is 1. The zero-order valence-corrected chi connectivity index (χ0v) is 6.86. The van der Waals surface area contributed by atoms with Gasteiger partial charge in [-0.15, -0.1) is 0 Å². The summed E-state index contributed by atoms with van der Waals surface area (Å²) in [7, 11) is 0. The first-order valence-corrected chi connectivity index (χ1v) is 3.86. The summed E-state index contributed by atoms with van der Waals surface area (Å²) in [5, 5.41) is 10.5. The minimum Gasteiger partial charge on any atom is -0.383 e. The van der Waals surface area contributed by atoms with Crippen molar-refractivity contribution >= 4 is 16.6 Å². The van der Waals surface area contributed by atoms with Gasteiger partial charge in [0.25, 0.3) is 0 Å². The number of rotatable bonds is 0. The van der Waals surface area contributed by atoms with E-state index < -0.39 is 0 Å². The van der Waals surface area contributed by atoms with Gasteiger partial charge in [-0.1, -0.05) is 12.1 Å². The van der Waals surface area contributed by atoms with E-state index >= 15 is 0 Å². The van der Waals surface area contributed by atoms with Crippen molar-refractivity contribution in [3.05, 3.63) is 36.0 Å². The average molecular weight is 169 g/mol. The van der Waals surface area contributed by atoms with E-state index in [9.17, 15) is 0 Å². The van der Waals surface area contributed by atoms with Crippen LogP contribution in [0.25, 0.3) is 10.8 Å². The van der Waals surface area contributed by atoms with Crippen LogP contribution in [0.2, 0.25) is 0 Å². The highest BCUT2D eigenvalue weighted by Gasteiger charge is 2.03. The smallest absolute Gasteiger partial charge is 0.132 e. The maximum absolute atomic E-state index is 8.83. The Morgan fingerprint density at radius 1 is 1.31 bits per heavy atom. The quantitative estimate of drug-likeness (QED) is 0.652. The van der Waals surface area contributed by atoms with Crippen LogP contribution >= 0.6 is 0 Å². The summed E-state index contributed by atoms with van der Waals surface area (Å²) in [6.45, 7) is 0. The van der Waals surface area contributed by atoms with Gasteiger partial charge in [-0.25, -0.2) is 4.98 Å². The molecule has 0 saturated heterocycles. The van der Waals surface area contributed by atoms with Crippen LogP contribution in [0.1, 0.15) is 5.56 Å². The molecule has 0 saturated carbocycles. The summed E-state index contributed by atoms with van der Waals surface area (Å²) in [5.74, 6) is 0.412. The molecule has 1 aromatic carbocycles. The highest BCUT2D eigenvalue weighted by atomic mass is 14.8. The fraction of sp³-hybridized carbons (Fsp3) is 0. The highest BCUT2D eigenvalue weighted by molar-refractivity contribution is 5.95. The molecule has 13 heavy (non-hydrogen) atoms. The van der Waals surface area contributed by atoms with Gasteiger partial charge in [0.1, 0.15) is 5.82 Å². The summed E-state index contributed by atoms with van der Waals surface area (Å²) in [6.07, 6.45) is 1.64. The first-order valence-electron chi connectivity index (χ1n) is 3.86. The molecule has 0 spiro atoms. The van der Waals surface area contributed by atoms with Crippen LogP contribution in [-0.4, -0.2) is 4.98 Å². The molecule has 0 unspecified atom stereocenters. The van der Waals surface area contributed by atoms with E-state index in [-0.39, 0.29) is 0 Å². The lowest BCUT2D eigenvalue weighted by Gasteiger charge is -2.01. The zero-order chi connectivity index (χ0) is 9.26. The number of fused-ring (bicyclic) bond motifs is 1. The molecule has 3 nitrogen and oxygen atoms in total. The summed E-state index contributed by atoms with van der Waals surface area (Å²) >= 11 is 0. The fourth-order valence-electron chi connectivity index (χ4n) is 1.35. The van der Waals surface area contributed by atoms with E-state index in [4.69, 9.17) is 11.0 Å². The molecule has 2 N–H and O–H groups in total. The van der Waals surface area contributed by atoms with Crippen molar-refractivity contribution in [3.63, 3.8) is 0 Å². The Balaban J connectivity index is 2.97. The lowest BCUT2D eigenvalue weighted by Crippen LogP contribution is -1.92. The van der Waals surface area contributed by atoms with Gasteiger partial charge in [0.2, 0.25) is 0 Å². The SMILES string of the molecule is N#Cc1cccc2ccnc(N)c12. The van der Waals surface area contributed by atoms with Gasteiger partial charge in [0.15, 0.2) is 0 Å². The number of nitrogens with two attached hydrogens (primary N) is 1. The van der Waals surface area contributed by atoms with E-state index in [1.165, 1.54) is 0 Å². The van der Waals surface area contributed by atoms with Crippen molar-refractivity contribution in [1.82, 2.24) is 4.98 Å². The first-order chi connectivity index (χ1) is 6.33. The van der Waals surface area contributed by atoms with E-state index in [1.807, 2.05) is 18.2 Å². The van der Waals surface area contributed by atoms with Crippen molar-refractivity contribution in [2.24, 2.45) is 0 Å². The topological polar surface area (TPSA) is 62.7 Å². The Kier molecular flexibility index (Phi) is 1.60. The second-order valence-electron chi connectivity index (χ2n) is 2.71. The number of hydrogen-bond donors (Lipinski definition) is 1. The summed E-state index contributed by atoms with van der Waals surface area (Å²) in [6, 6.07) is 9.41. The molecule has 0 radical (unpaired) electrons. The molecule has 0 aliphatic carbocycles. The predicted octanol–water partition coefficient (Wildman–Crippen LogP) is 1.69. The maximum Gasteiger partial charge on any atom is 0.132 e. The molecule has 0 amide bonds. The fourth-order valence-corrected chi connectivity index (χ4v) is 1.35. The molecule has 0 fully saturated rings. The van der Waals surface area contributed by atoms with E-state index in [2.05, 4.69) is 11.1 Å². The van der Waals surface area contributed by atoms with Gasteiger partial charge < -0.3 is 5.73 Å². The standard InChI is InChI=1S/C10H7N3/c11-6-8-3-1-2-7-4-5-13-10(12)9(7)8/h1-5H,(H2,12,13). The zero-order valence-electron chi connectivity index (χ0n) is 6.86. The van der Waals surface area contributed by atoms with E-state index in [0.717, 1.165) is 10.8 Å². The van der Waals surface area contributed by atoms with E-state index in [1.54, 1.807) is 12.3 Å². The molecular formula is C10H7N3. The van der Waals surface area contributed by atoms with Gasteiger partial charge >= 0.3 is 0 Å². The average Bonchev–Trinajstić information content (AvgIpc) is 2.17. The number of nitrogen functional groups attached to an aromatic ring is 1. The van der Waals surface area contributed by atoms with Crippen LogP contribution < -0.4 is 5.73 Å². The van der Waals surface area contributed by atoms with Crippen LogP contribution in [0.3, 0.4) is 0 Å². The Morgan fingerprint density at radius 2 is 2.15 bits per heavy atom. The van der Waals surface area contributed by atoms with Gasteiger partial charge in [-0.05, 0) is 17.5 Å². The Hall–Kier alpha value is -2.08. The third-order valence-corrected chi connectivity index (χ3v) is 1.94. The van der Waals surface area contributed by atoms with Crippen LogP contribution in [0.4, 0.5) is 5.82 Å². The number of benzene rings is 1. The number of nitriles is 1. The molecule has 0 bridgehead atoms.